The van der Waals surface area contributed by atoms with E-state index in [0.29, 0.717) is 11.0 Å². The normalized spacial score (nSPS) is 10.8. The number of H-pyrrole nitrogens is 1. The molecule has 0 amide bonds. The van der Waals surface area contributed by atoms with Gasteiger partial charge in [-0.2, -0.15) is 0 Å². The van der Waals surface area contributed by atoms with Crippen molar-refractivity contribution in [2.45, 2.75) is 0 Å². The SMILES string of the molecule is O=C(c1cnc2[nH]c(=O)ncc2c1)c1cc(Cl)cc(Cl)c1O. The Kier molecular flexibility index (Phi) is 3.56. The number of pyridine rings is 1. The second-order valence-electron chi connectivity index (χ2n) is 4.46. The lowest BCUT2D eigenvalue weighted by Gasteiger charge is -2.07. The van der Waals surface area contributed by atoms with E-state index in [9.17, 15) is 14.7 Å². The van der Waals surface area contributed by atoms with Gasteiger partial charge in [0.25, 0.3) is 0 Å². The van der Waals surface area contributed by atoms with Gasteiger partial charge in [0.2, 0.25) is 0 Å². The minimum Gasteiger partial charge on any atom is -0.506 e. The molecule has 0 unspecified atom stereocenters. The highest BCUT2D eigenvalue weighted by Gasteiger charge is 2.18. The molecule has 0 aliphatic rings. The fraction of sp³-hybridized carbons (Fsp3) is 0. The largest absolute Gasteiger partial charge is 0.506 e. The molecule has 6 nitrogen and oxygen atoms in total. The lowest BCUT2D eigenvalue weighted by Crippen LogP contribution is -2.10. The van der Waals surface area contributed by atoms with Crippen LogP contribution >= 0.6 is 23.2 Å². The number of benzene rings is 1. The zero-order valence-corrected chi connectivity index (χ0v) is 12.3. The van der Waals surface area contributed by atoms with Crippen LogP contribution in [0.4, 0.5) is 0 Å². The van der Waals surface area contributed by atoms with E-state index < -0.39 is 11.5 Å². The second-order valence-corrected chi connectivity index (χ2v) is 5.31. The molecule has 2 heterocycles. The first-order chi connectivity index (χ1) is 10.5. The van der Waals surface area contributed by atoms with Gasteiger partial charge in [0.1, 0.15) is 11.4 Å². The van der Waals surface area contributed by atoms with Crippen LogP contribution in [0.1, 0.15) is 15.9 Å². The zero-order chi connectivity index (χ0) is 15.9. The standard InChI is InChI=1S/C14H7Cl2N3O3/c15-8-2-9(12(21)10(16)3-8)11(20)6-1-7-5-18-14(22)19-13(7)17-4-6/h1-5,21H,(H,17,18,19,22). The van der Waals surface area contributed by atoms with Crippen molar-refractivity contribution in [3.8, 4) is 5.75 Å². The number of aromatic amines is 1. The van der Waals surface area contributed by atoms with Crippen LogP contribution in [0.5, 0.6) is 5.75 Å². The topological polar surface area (TPSA) is 95.9 Å². The Morgan fingerprint density at radius 2 is 1.91 bits per heavy atom. The van der Waals surface area contributed by atoms with E-state index in [4.69, 9.17) is 23.2 Å². The van der Waals surface area contributed by atoms with E-state index in [1.54, 1.807) is 0 Å². The molecule has 0 bridgehead atoms. The first kappa shape index (κ1) is 14.5. The molecule has 3 aromatic rings. The summed E-state index contributed by atoms with van der Waals surface area (Å²) in [4.78, 5) is 33.6. The number of carbonyl (C=O) groups is 1. The summed E-state index contributed by atoms with van der Waals surface area (Å²) in [6.07, 6.45) is 2.59. The van der Waals surface area contributed by atoms with Gasteiger partial charge in [-0.1, -0.05) is 23.2 Å². The van der Waals surface area contributed by atoms with Crippen LogP contribution in [0.3, 0.4) is 0 Å². The summed E-state index contributed by atoms with van der Waals surface area (Å²) in [5, 5.41) is 10.6. The van der Waals surface area contributed by atoms with E-state index in [1.807, 2.05) is 0 Å². The lowest BCUT2D eigenvalue weighted by molar-refractivity contribution is 0.103. The summed E-state index contributed by atoms with van der Waals surface area (Å²) in [7, 11) is 0. The summed E-state index contributed by atoms with van der Waals surface area (Å²) < 4.78 is 0. The van der Waals surface area contributed by atoms with E-state index >= 15 is 0 Å². The quantitative estimate of drug-likeness (QED) is 0.701. The monoisotopic (exact) mass is 335 g/mol. The van der Waals surface area contributed by atoms with Gasteiger partial charge in [-0.15, -0.1) is 0 Å². The number of halogens is 2. The molecule has 0 fully saturated rings. The van der Waals surface area contributed by atoms with E-state index in [-0.39, 0.29) is 26.9 Å². The molecule has 0 radical (unpaired) electrons. The number of hydrogen-bond acceptors (Lipinski definition) is 5. The molecule has 0 aliphatic carbocycles. The smallest absolute Gasteiger partial charge is 0.346 e. The Hall–Kier alpha value is -2.44. The number of fused-ring (bicyclic) bond motifs is 1. The third-order valence-corrected chi connectivity index (χ3v) is 3.50. The highest BCUT2D eigenvalue weighted by Crippen LogP contribution is 2.32. The maximum absolute atomic E-state index is 12.5. The van der Waals surface area contributed by atoms with Crippen LogP contribution in [0, 0.1) is 0 Å². The van der Waals surface area contributed by atoms with Crippen molar-refractivity contribution >= 4 is 40.0 Å². The summed E-state index contributed by atoms with van der Waals surface area (Å²) in [5.41, 5.74) is -0.0470. The Morgan fingerprint density at radius 1 is 1.14 bits per heavy atom. The number of carbonyl (C=O) groups excluding carboxylic acids is 1. The highest BCUT2D eigenvalue weighted by atomic mass is 35.5. The van der Waals surface area contributed by atoms with Crippen LogP contribution in [-0.2, 0) is 0 Å². The zero-order valence-electron chi connectivity index (χ0n) is 10.8. The van der Waals surface area contributed by atoms with Crippen molar-refractivity contribution in [3.63, 3.8) is 0 Å². The van der Waals surface area contributed by atoms with Crippen LogP contribution in [0.25, 0.3) is 11.0 Å². The predicted molar refractivity (Wildman–Crippen MR) is 81.7 cm³/mol. The summed E-state index contributed by atoms with van der Waals surface area (Å²) >= 11 is 11.7. The molecule has 0 saturated heterocycles. The molecule has 2 aromatic heterocycles. The molecule has 22 heavy (non-hydrogen) atoms. The Labute approximate surface area is 133 Å². The summed E-state index contributed by atoms with van der Waals surface area (Å²) in [6, 6.07) is 4.16. The van der Waals surface area contributed by atoms with E-state index in [0.717, 1.165) is 0 Å². The number of nitrogens with one attached hydrogen (secondary N) is 1. The Morgan fingerprint density at radius 3 is 2.68 bits per heavy atom. The maximum Gasteiger partial charge on any atom is 0.346 e. The van der Waals surface area contributed by atoms with Gasteiger partial charge >= 0.3 is 5.69 Å². The van der Waals surface area contributed by atoms with Crippen molar-refractivity contribution in [3.05, 3.63) is 62.2 Å². The molecular formula is C14H7Cl2N3O3. The molecule has 2 N–H and O–H groups in total. The van der Waals surface area contributed by atoms with Gasteiger partial charge < -0.3 is 5.11 Å². The van der Waals surface area contributed by atoms with Gasteiger partial charge in [-0.05, 0) is 18.2 Å². The lowest BCUT2D eigenvalue weighted by atomic mass is 10.0. The first-order valence-corrected chi connectivity index (χ1v) is 6.79. The van der Waals surface area contributed by atoms with Crippen molar-refractivity contribution in [1.29, 1.82) is 0 Å². The second kappa shape index (κ2) is 5.40. The van der Waals surface area contributed by atoms with Gasteiger partial charge in [-0.3, -0.25) is 9.78 Å². The van der Waals surface area contributed by atoms with Crippen molar-refractivity contribution in [1.82, 2.24) is 15.0 Å². The number of rotatable bonds is 2. The first-order valence-electron chi connectivity index (χ1n) is 6.03. The van der Waals surface area contributed by atoms with Crippen molar-refractivity contribution < 1.29 is 9.90 Å². The Balaban J connectivity index is 2.13. The van der Waals surface area contributed by atoms with Crippen LogP contribution < -0.4 is 5.69 Å². The minimum absolute atomic E-state index is 0.0180. The summed E-state index contributed by atoms with van der Waals surface area (Å²) in [5.74, 6) is -0.849. The van der Waals surface area contributed by atoms with E-state index in [1.165, 1.54) is 30.6 Å². The van der Waals surface area contributed by atoms with Crippen molar-refractivity contribution in [2.24, 2.45) is 0 Å². The summed E-state index contributed by atoms with van der Waals surface area (Å²) in [6.45, 7) is 0. The van der Waals surface area contributed by atoms with Gasteiger partial charge in [0.05, 0.1) is 10.6 Å². The van der Waals surface area contributed by atoms with Gasteiger partial charge in [0, 0.05) is 28.4 Å². The van der Waals surface area contributed by atoms with Crippen LogP contribution in [0.15, 0.2) is 35.4 Å². The molecule has 110 valence electrons. The van der Waals surface area contributed by atoms with Gasteiger partial charge in [-0.25, -0.2) is 14.8 Å². The molecule has 0 atom stereocenters. The maximum atomic E-state index is 12.5. The average Bonchev–Trinajstić information content (AvgIpc) is 2.49. The molecule has 1 aromatic carbocycles. The minimum atomic E-state index is -0.529. The van der Waals surface area contributed by atoms with E-state index in [2.05, 4.69) is 15.0 Å². The number of phenols is 1. The molecule has 3 rings (SSSR count). The molecule has 0 spiro atoms. The average molecular weight is 336 g/mol. The fourth-order valence-corrected chi connectivity index (χ4v) is 2.46. The van der Waals surface area contributed by atoms with Crippen molar-refractivity contribution in [2.75, 3.05) is 0 Å². The number of nitrogens with zero attached hydrogens (tertiary/aromatic N) is 2. The number of ketones is 1. The Bertz CT molecular complexity index is 969. The highest BCUT2D eigenvalue weighted by molar-refractivity contribution is 6.36. The molecular weight excluding hydrogens is 329 g/mol. The van der Waals surface area contributed by atoms with Crippen LogP contribution in [0.2, 0.25) is 10.0 Å². The predicted octanol–water partition coefficient (Wildman–Crippen LogP) is 2.56. The number of aromatic hydroxyl groups is 1. The van der Waals surface area contributed by atoms with Crippen LogP contribution in [-0.4, -0.2) is 25.8 Å². The molecule has 0 aliphatic heterocycles. The third kappa shape index (κ3) is 2.54. The van der Waals surface area contributed by atoms with Gasteiger partial charge in [0.15, 0.2) is 5.78 Å². The number of hydrogen-bond donors (Lipinski definition) is 2. The number of aromatic nitrogens is 3. The number of phenolic OH excluding ortho intramolecular Hbond substituents is 1. The molecule has 8 heteroatoms. The third-order valence-electron chi connectivity index (χ3n) is 3.00. The molecule has 0 saturated carbocycles. The fourth-order valence-electron chi connectivity index (χ4n) is 1.97.